The molecule has 21 heavy (non-hydrogen) atoms. The summed E-state index contributed by atoms with van der Waals surface area (Å²) in [5, 5.41) is 3.90. The molecule has 1 atom stereocenters. The SMILES string of the molecule is CC(NC(=O)C1(N)CCOCC1)c1ccc(Cl)c(Cl)c1.Cl. The van der Waals surface area contributed by atoms with E-state index in [0.29, 0.717) is 36.1 Å². The summed E-state index contributed by atoms with van der Waals surface area (Å²) in [6.45, 7) is 2.93. The molecule has 4 nitrogen and oxygen atoms in total. The highest BCUT2D eigenvalue weighted by atomic mass is 35.5. The molecule has 1 fully saturated rings. The highest BCUT2D eigenvalue weighted by Crippen LogP contribution is 2.26. The van der Waals surface area contributed by atoms with E-state index in [1.54, 1.807) is 12.1 Å². The fraction of sp³-hybridized carbons (Fsp3) is 0.500. The standard InChI is InChI=1S/C14H18Cl2N2O2.ClH/c1-9(10-2-3-11(15)12(16)8-10)18-13(19)14(17)4-6-20-7-5-14;/h2-3,8-9H,4-7,17H2,1H3,(H,18,19);1H. The van der Waals surface area contributed by atoms with E-state index in [2.05, 4.69) is 5.32 Å². The molecule has 1 aromatic carbocycles. The van der Waals surface area contributed by atoms with Crippen LogP contribution in [0.25, 0.3) is 0 Å². The van der Waals surface area contributed by atoms with E-state index in [1.165, 1.54) is 0 Å². The number of rotatable bonds is 3. The molecule has 0 saturated carbocycles. The van der Waals surface area contributed by atoms with E-state index >= 15 is 0 Å². The number of carbonyl (C=O) groups excluding carboxylic acids is 1. The van der Waals surface area contributed by atoms with E-state index in [-0.39, 0.29) is 24.4 Å². The number of amides is 1. The number of hydrogen-bond donors (Lipinski definition) is 2. The van der Waals surface area contributed by atoms with Crippen molar-refractivity contribution >= 4 is 41.5 Å². The van der Waals surface area contributed by atoms with Crippen molar-refractivity contribution < 1.29 is 9.53 Å². The summed E-state index contributed by atoms with van der Waals surface area (Å²) in [5.41, 5.74) is 6.19. The Kier molecular flexibility index (Phi) is 6.75. The van der Waals surface area contributed by atoms with Crippen molar-refractivity contribution in [3.63, 3.8) is 0 Å². The predicted molar refractivity (Wildman–Crippen MR) is 87.2 cm³/mol. The largest absolute Gasteiger partial charge is 0.381 e. The second kappa shape index (κ2) is 7.65. The van der Waals surface area contributed by atoms with Gasteiger partial charge in [0.2, 0.25) is 5.91 Å². The van der Waals surface area contributed by atoms with Crippen LogP contribution in [0, 0.1) is 0 Å². The number of halogens is 3. The van der Waals surface area contributed by atoms with Gasteiger partial charge in [0.15, 0.2) is 0 Å². The Morgan fingerprint density at radius 3 is 2.52 bits per heavy atom. The summed E-state index contributed by atoms with van der Waals surface area (Å²) in [7, 11) is 0. The van der Waals surface area contributed by atoms with Crippen LogP contribution in [-0.2, 0) is 9.53 Å². The summed E-state index contributed by atoms with van der Waals surface area (Å²) in [4.78, 5) is 12.3. The zero-order chi connectivity index (χ0) is 14.8. The monoisotopic (exact) mass is 352 g/mol. The van der Waals surface area contributed by atoms with Crippen molar-refractivity contribution in [2.75, 3.05) is 13.2 Å². The topological polar surface area (TPSA) is 64.4 Å². The average molecular weight is 354 g/mol. The van der Waals surface area contributed by atoms with Crippen molar-refractivity contribution in [3.05, 3.63) is 33.8 Å². The van der Waals surface area contributed by atoms with Crippen LogP contribution in [0.5, 0.6) is 0 Å². The molecule has 7 heteroatoms. The number of carbonyl (C=O) groups is 1. The van der Waals surface area contributed by atoms with Gasteiger partial charge in [0, 0.05) is 13.2 Å². The summed E-state index contributed by atoms with van der Waals surface area (Å²) < 4.78 is 5.24. The fourth-order valence-corrected chi connectivity index (χ4v) is 2.47. The molecule has 1 amide bonds. The van der Waals surface area contributed by atoms with Crippen LogP contribution < -0.4 is 11.1 Å². The molecule has 0 bridgehead atoms. The van der Waals surface area contributed by atoms with Gasteiger partial charge >= 0.3 is 0 Å². The summed E-state index contributed by atoms with van der Waals surface area (Å²) in [5.74, 6) is -0.153. The molecule has 0 aromatic heterocycles. The first-order valence-electron chi connectivity index (χ1n) is 6.55. The van der Waals surface area contributed by atoms with Gasteiger partial charge in [-0.2, -0.15) is 0 Å². The minimum Gasteiger partial charge on any atom is -0.381 e. The number of nitrogens with one attached hydrogen (secondary N) is 1. The molecule has 0 spiro atoms. The zero-order valence-corrected chi connectivity index (χ0v) is 14.0. The van der Waals surface area contributed by atoms with Crippen molar-refractivity contribution in [1.82, 2.24) is 5.32 Å². The second-order valence-electron chi connectivity index (χ2n) is 5.14. The Morgan fingerprint density at radius 2 is 1.95 bits per heavy atom. The van der Waals surface area contributed by atoms with Gasteiger partial charge in [-0.15, -0.1) is 12.4 Å². The minimum absolute atomic E-state index is 0. The molecule has 1 aliphatic rings. The molecule has 1 heterocycles. The molecular formula is C14H19Cl3N2O2. The third kappa shape index (κ3) is 4.47. The number of benzene rings is 1. The Labute approximate surface area is 140 Å². The molecule has 1 unspecified atom stereocenters. The summed E-state index contributed by atoms with van der Waals surface area (Å²) in [6, 6.07) is 5.13. The third-order valence-corrected chi connectivity index (χ3v) is 4.37. The van der Waals surface area contributed by atoms with Crippen molar-refractivity contribution in [2.45, 2.75) is 31.3 Å². The first-order valence-corrected chi connectivity index (χ1v) is 7.30. The number of hydrogen-bond acceptors (Lipinski definition) is 3. The molecule has 1 aromatic rings. The van der Waals surface area contributed by atoms with Gasteiger partial charge in [0.25, 0.3) is 0 Å². The first-order chi connectivity index (χ1) is 9.42. The van der Waals surface area contributed by atoms with E-state index in [0.717, 1.165) is 5.56 Å². The van der Waals surface area contributed by atoms with Crippen LogP contribution in [0.4, 0.5) is 0 Å². The van der Waals surface area contributed by atoms with E-state index in [1.807, 2.05) is 13.0 Å². The van der Waals surface area contributed by atoms with Gasteiger partial charge in [-0.25, -0.2) is 0 Å². The maximum absolute atomic E-state index is 12.3. The molecule has 2 rings (SSSR count). The van der Waals surface area contributed by atoms with E-state index in [4.69, 9.17) is 33.7 Å². The smallest absolute Gasteiger partial charge is 0.240 e. The molecule has 0 radical (unpaired) electrons. The first kappa shape index (κ1) is 18.5. The molecule has 3 N–H and O–H groups in total. The maximum atomic E-state index is 12.3. The van der Waals surface area contributed by atoms with Gasteiger partial charge in [-0.05, 0) is 37.5 Å². The molecule has 1 aliphatic heterocycles. The lowest BCUT2D eigenvalue weighted by Crippen LogP contribution is -2.57. The number of ether oxygens (including phenoxy) is 1. The quantitative estimate of drug-likeness (QED) is 0.877. The molecule has 118 valence electrons. The molecule has 1 saturated heterocycles. The normalized spacial score (nSPS) is 18.5. The number of nitrogens with two attached hydrogens (primary N) is 1. The zero-order valence-electron chi connectivity index (χ0n) is 11.7. The molecular weight excluding hydrogens is 335 g/mol. The van der Waals surface area contributed by atoms with Crippen LogP contribution in [0.2, 0.25) is 10.0 Å². The van der Waals surface area contributed by atoms with E-state index in [9.17, 15) is 4.79 Å². The minimum atomic E-state index is -0.845. The summed E-state index contributed by atoms with van der Waals surface area (Å²) >= 11 is 11.9. The lowest BCUT2D eigenvalue weighted by atomic mass is 9.90. The Balaban J connectivity index is 0.00000220. The molecule has 0 aliphatic carbocycles. The van der Waals surface area contributed by atoms with Crippen LogP contribution >= 0.6 is 35.6 Å². The highest BCUT2D eigenvalue weighted by molar-refractivity contribution is 6.42. The van der Waals surface area contributed by atoms with Crippen molar-refractivity contribution in [1.29, 1.82) is 0 Å². The fourth-order valence-electron chi connectivity index (χ4n) is 2.17. The predicted octanol–water partition coefficient (Wildman–Crippen LogP) is 3.10. The van der Waals surface area contributed by atoms with Gasteiger partial charge in [0.05, 0.1) is 21.6 Å². The van der Waals surface area contributed by atoms with Crippen molar-refractivity contribution in [2.24, 2.45) is 5.73 Å². The average Bonchev–Trinajstić information content (AvgIpc) is 2.42. The summed E-state index contributed by atoms with van der Waals surface area (Å²) in [6.07, 6.45) is 1.07. The van der Waals surface area contributed by atoms with Gasteiger partial charge in [0.1, 0.15) is 0 Å². The third-order valence-electron chi connectivity index (χ3n) is 3.63. The van der Waals surface area contributed by atoms with Crippen LogP contribution in [0.3, 0.4) is 0 Å². The van der Waals surface area contributed by atoms with Crippen LogP contribution in [0.1, 0.15) is 31.4 Å². The lowest BCUT2D eigenvalue weighted by Gasteiger charge is -2.33. The maximum Gasteiger partial charge on any atom is 0.240 e. The Bertz CT molecular complexity index is 505. The Morgan fingerprint density at radius 1 is 1.33 bits per heavy atom. The van der Waals surface area contributed by atoms with Crippen LogP contribution in [0.15, 0.2) is 18.2 Å². The van der Waals surface area contributed by atoms with Gasteiger partial charge in [-0.3, -0.25) is 4.79 Å². The van der Waals surface area contributed by atoms with Gasteiger partial charge in [-0.1, -0.05) is 29.3 Å². The Hall–Kier alpha value is -0.520. The highest BCUT2D eigenvalue weighted by Gasteiger charge is 2.36. The van der Waals surface area contributed by atoms with Crippen molar-refractivity contribution in [3.8, 4) is 0 Å². The van der Waals surface area contributed by atoms with Crippen LogP contribution in [-0.4, -0.2) is 24.7 Å². The van der Waals surface area contributed by atoms with Gasteiger partial charge < -0.3 is 15.8 Å². The second-order valence-corrected chi connectivity index (χ2v) is 5.95. The lowest BCUT2D eigenvalue weighted by molar-refractivity contribution is -0.130. The van der Waals surface area contributed by atoms with E-state index < -0.39 is 5.54 Å².